The van der Waals surface area contributed by atoms with Gasteiger partial charge in [-0.25, -0.2) is 4.79 Å². The van der Waals surface area contributed by atoms with Gasteiger partial charge in [0.1, 0.15) is 0 Å². The Bertz CT molecular complexity index is 155. The predicted molar refractivity (Wildman–Crippen MR) is 53.9 cm³/mol. The van der Waals surface area contributed by atoms with Gasteiger partial charge in [0.05, 0.1) is 14.5 Å². The molecule has 0 rings (SSSR count). The Kier molecular flexibility index (Phi) is 5.71. The van der Waals surface area contributed by atoms with Crippen LogP contribution in [-0.2, 0) is 9.53 Å². The van der Waals surface area contributed by atoms with E-state index in [0.717, 1.165) is 12.8 Å². The lowest BCUT2D eigenvalue weighted by atomic mass is 10.3. The van der Waals surface area contributed by atoms with Gasteiger partial charge < -0.3 is 4.74 Å². The molecule has 0 N–H and O–H groups in total. The zero-order valence-corrected chi connectivity index (χ0v) is 9.32. The maximum atomic E-state index is 10.9. The van der Waals surface area contributed by atoms with E-state index in [1.54, 1.807) is 0 Å². The topological polar surface area (TPSA) is 26.3 Å². The van der Waals surface area contributed by atoms with Crippen LogP contribution < -0.4 is 0 Å². The summed E-state index contributed by atoms with van der Waals surface area (Å²) in [4.78, 5) is 10.9. The van der Waals surface area contributed by atoms with Crippen molar-refractivity contribution in [3.05, 3.63) is 12.7 Å². The minimum Gasteiger partial charge on any atom is -0.463 e. The van der Waals surface area contributed by atoms with Crippen LogP contribution in [-0.4, -0.2) is 20.5 Å². The van der Waals surface area contributed by atoms with Crippen molar-refractivity contribution in [2.45, 2.75) is 38.6 Å². The third kappa shape index (κ3) is 4.33. The molecule has 2 nitrogen and oxygen atoms in total. The molecule has 1 unspecified atom stereocenters. The van der Waals surface area contributed by atoms with Crippen molar-refractivity contribution < 1.29 is 9.53 Å². The molecular weight excluding hydrogens is 168 g/mol. The van der Waals surface area contributed by atoms with Crippen molar-refractivity contribution in [1.82, 2.24) is 0 Å². The monoisotopic (exact) mass is 186 g/mol. The van der Waals surface area contributed by atoms with Crippen molar-refractivity contribution >= 4 is 14.8 Å². The second kappa shape index (κ2) is 6.00. The fourth-order valence-corrected chi connectivity index (χ4v) is 2.42. The molecule has 1 atom stereocenters. The summed E-state index contributed by atoms with van der Waals surface area (Å²) in [6.45, 7) is 9.86. The second-order valence-electron chi connectivity index (χ2n) is 3.21. The highest BCUT2D eigenvalue weighted by atomic mass is 28.3. The molecule has 0 aromatic heterocycles. The second-order valence-corrected chi connectivity index (χ2v) is 6.44. The molecule has 3 heteroatoms. The van der Waals surface area contributed by atoms with Gasteiger partial charge in [0.15, 0.2) is 0 Å². The normalized spacial score (nSPS) is 12.7. The molecule has 0 aromatic rings. The van der Waals surface area contributed by atoms with Crippen molar-refractivity contribution in [3.63, 3.8) is 0 Å². The average Bonchev–Trinajstić information content (AvgIpc) is 2.03. The lowest BCUT2D eigenvalue weighted by molar-refractivity contribution is -0.139. The Morgan fingerprint density at radius 1 is 1.67 bits per heavy atom. The van der Waals surface area contributed by atoms with Crippen LogP contribution in [0.25, 0.3) is 0 Å². The Balaban J connectivity index is 3.94. The average molecular weight is 186 g/mol. The number of carbonyl (C=O) groups is 1. The van der Waals surface area contributed by atoms with Crippen LogP contribution in [0.15, 0.2) is 12.7 Å². The first-order valence-electron chi connectivity index (χ1n) is 4.44. The molecule has 0 saturated heterocycles. The Hall–Kier alpha value is -0.573. The molecule has 70 valence electrons. The van der Waals surface area contributed by atoms with E-state index in [2.05, 4.69) is 26.6 Å². The first-order valence-corrected chi connectivity index (χ1v) is 7.42. The van der Waals surface area contributed by atoms with E-state index in [9.17, 15) is 4.79 Å². The van der Waals surface area contributed by atoms with Gasteiger partial charge in [0.2, 0.25) is 0 Å². The Morgan fingerprint density at radius 3 is 2.58 bits per heavy atom. The Labute approximate surface area is 76.2 Å². The van der Waals surface area contributed by atoms with Gasteiger partial charge in [-0.3, -0.25) is 0 Å². The van der Waals surface area contributed by atoms with Gasteiger partial charge in [-0.2, -0.15) is 0 Å². The molecule has 0 radical (unpaired) electrons. The van der Waals surface area contributed by atoms with Gasteiger partial charge in [0, 0.05) is 6.08 Å². The summed E-state index contributed by atoms with van der Waals surface area (Å²) in [5.74, 6) is -0.283. The largest absolute Gasteiger partial charge is 0.463 e. The summed E-state index contributed by atoms with van der Waals surface area (Å²) in [5.41, 5.74) is 0.181. The number of rotatable bonds is 5. The molecule has 0 amide bonds. The lowest BCUT2D eigenvalue weighted by Crippen LogP contribution is -2.29. The van der Waals surface area contributed by atoms with E-state index in [1.165, 1.54) is 6.08 Å². The molecule has 0 aliphatic carbocycles. The molecule has 0 bridgehead atoms. The van der Waals surface area contributed by atoms with Crippen LogP contribution >= 0.6 is 0 Å². The van der Waals surface area contributed by atoms with Crippen molar-refractivity contribution in [2.24, 2.45) is 0 Å². The van der Waals surface area contributed by atoms with E-state index in [-0.39, 0.29) is 11.7 Å². The van der Waals surface area contributed by atoms with Gasteiger partial charge in [-0.1, -0.05) is 33.0 Å². The van der Waals surface area contributed by atoms with Crippen molar-refractivity contribution in [2.75, 3.05) is 0 Å². The Morgan fingerprint density at radius 2 is 2.25 bits per heavy atom. The zero-order chi connectivity index (χ0) is 9.56. The fourth-order valence-electron chi connectivity index (χ4n) is 1.01. The summed E-state index contributed by atoms with van der Waals surface area (Å²) < 4.78 is 5.21. The SMILES string of the molecule is C=CC(=O)OC(CCC)[SiH](C)C. The third-order valence-electron chi connectivity index (χ3n) is 1.75. The standard InChI is InChI=1S/C9H18O2Si/c1-5-7-9(12(3)4)11-8(10)6-2/h6,9,12H,2,5,7H2,1,3-4H3. The predicted octanol–water partition coefficient (Wildman–Crippen LogP) is 1.91. The van der Waals surface area contributed by atoms with Crippen molar-refractivity contribution in [3.8, 4) is 0 Å². The lowest BCUT2D eigenvalue weighted by Gasteiger charge is -2.18. The van der Waals surface area contributed by atoms with Gasteiger partial charge in [0.25, 0.3) is 0 Å². The number of carbonyl (C=O) groups excluding carboxylic acids is 1. The van der Waals surface area contributed by atoms with Crippen LogP contribution in [0, 0.1) is 0 Å². The summed E-state index contributed by atoms with van der Waals surface area (Å²) in [6, 6.07) is 0. The molecule has 0 aromatic carbocycles. The van der Waals surface area contributed by atoms with Gasteiger partial charge >= 0.3 is 5.97 Å². The van der Waals surface area contributed by atoms with E-state index in [1.807, 2.05) is 0 Å². The van der Waals surface area contributed by atoms with Crippen LogP contribution in [0.5, 0.6) is 0 Å². The van der Waals surface area contributed by atoms with Crippen molar-refractivity contribution in [1.29, 1.82) is 0 Å². The number of esters is 1. The minimum absolute atomic E-state index is 0.181. The van der Waals surface area contributed by atoms with E-state index in [0.29, 0.717) is 0 Å². The van der Waals surface area contributed by atoms with E-state index in [4.69, 9.17) is 4.74 Å². The molecule has 0 spiro atoms. The highest BCUT2D eigenvalue weighted by Gasteiger charge is 2.16. The van der Waals surface area contributed by atoms with Crippen LogP contribution in [0.3, 0.4) is 0 Å². The quantitative estimate of drug-likeness (QED) is 0.372. The van der Waals surface area contributed by atoms with Gasteiger partial charge in [-0.15, -0.1) is 0 Å². The maximum Gasteiger partial charge on any atom is 0.330 e. The zero-order valence-electron chi connectivity index (χ0n) is 8.17. The molecule has 0 fully saturated rings. The number of hydrogen-bond donors (Lipinski definition) is 0. The summed E-state index contributed by atoms with van der Waals surface area (Å²) in [7, 11) is -0.864. The van der Waals surface area contributed by atoms with E-state index < -0.39 is 8.80 Å². The van der Waals surface area contributed by atoms with Crippen LogP contribution in [0.1, 0.15) is 19.8 Å². The first kappa shape index (κ1) is 11.4. The third-order valence-corrected chi connectivity index (χ3v) is 3.71. The molecule has 12 heavy (non-hydrogen) atoms. The van der Waals surface area contributed by atoms with Crippen LogP contribution in [0.2, 0.25) is 13.1 Å². The van der Waals surface area contributed by atoms with E-state index >= 15 is 0 Å². The summed E-state index contributed by atoms with van der Waals surface area (Å²) in [5, 5.41) is 0. The summed E-state index contributed by atoms with van der Waals surface area (Å²) >= 11 is 0. The highest BCUT2D eigenvalue weighted by molar-refractivity contribution is 6.57. The minimum atomic E-state index is -0.864. The molecular formula is C9H18O2Si. The smallest absolute Gasteiger partial charge is 0.330 e. The fraction of sp³-hybridized carbons (Fsp3) is 0.667. The number of hydrogen-bond acceptors (Lipinski definition) is 2. The molecule has 0 aliphatic heterocycles. The van der Waals surface area contributed by atoms with Crippen LogP contribution in [0.4, 0.5) is 0 Å². The number of ether oxygens (including phenoxy) is 1. The molecule has 0 saturated carbocycles. The van der Waals surface area contributed by atoms with Gasteiger partial charge in [-0.05, 0) is 6.42 Å². The summed E-state index contributed by atoms with van der Waals surface area (Å²) in [6.07, 6.45) is 3.29. The molecule has 0 heterocycles. The highest BCUT2D eigenvalue weighted by Crippen LogP contribution is 2.06. The first-order chi connectivity index (χ1) is 5.61. The molecule has 0 aliphatic rings. The maximum absolute atomic E-state index is 10.9.